The third-order valence-corrected chi connectivity index (χ3v) is 4.67. The Labute approximate surface area is 157 Å². The van der Waals surface area contributed by atoms with Crippen LogP contribution < -0.4 is 24.8 Å². The predicted octanol–water partition coefficient (Wildman–Crippen LogP) is 2.74. The summed E-state index contributed by atoms with van der Waals surface area (Å²) in [6, 6.07) is 5.56. The molecule has 0 bridgehead atoms. The van der Waals surface area contributed by atoms with Gasteiger partial charge in [-0.05, 0) is 18.1 Å². The molecule has 1 aromatic heterocycles. The molecule has 0 radical (unpaired) electrons. The molecule has 2 heterocycles. The summed E-state index contributed by atoms with van der Waals surface area (Å²) in [6.07, 6.45) is 0. The molecule has 0 fully saturated rings. The van der Waals surface area contributed by atoms with Crippen molar-refractivity contribution in [3.63, 3.8) is 0 Å². The van der Waals surface area contributed by atoms with Gasteiger partial charge in [0.1, 0.15) is 17.4 Å². The van der Waals surface area contributed by atoms with Crippen LogP contribution in [0.5, 0.6) is 17.2 Å². The summed E-state index contributed by atoms with van der Waals surface area (Å²) in [5.41, 5.74) is 1.13. The molecule has 2 N–H and O–H groups in total. The second-order valence-electron chi connectivity index (χ2n) is 6.04. The van der Waals surface area contributed by atoms with Crippen LogP contribution in [0.3, 0.4) is 0 Å². The van der Waals surface area contributed by atoms with Gasteiger partial charge >= 0.3 is 0 Å². The molecule has 3 rings (SSSR count). The van der Waals surface area contributed by atoms with Crippen molar-refractivity contribution in [1.82, 2.24) is 15.6 Å². The van der Waals surface area contributed by atoms with Crippen molar-refractivity contribution in [2.75, 3.05) is 27.0 Å². The summed E-state index contributed by atoms with van der Waals surface area (Å²) in [7, 11) is 1.75. The summed E-state index contributed by atoms with van der Waals surface area (Å²) in [5, 5.41) is 9.65. The molecule has 0 amide bonds. The number of nitrogens with one attached hydrogen (secondary N) is 2. The molecule has 2 aromatic rings. The van der Waals surface area contributed by atoms with E-state index in [2.05, 4.69) is 39.8 Å². The number of ether oxygens (including phenoxy) is 3. The fourth-order valence-electron chi connectivity index (χ4n) is 2.36. The largest absolute Gasteiger partial charge is 0.492 e. The van der Waals surface area contributed by atoms with Crippen LogP contribution in [0, 0.1) is 0 Å². The predicted molar refractivity (Wildman–Crippen MR) is 102 cm³/mol. The average Bonchev–Trinajstić information content (AvgIpc) is 3.30. The number of hydrogen-bond donors (Lipinski definition) is 2. The van der Waals surface area contributed by atoms with E-state index < -0.39 is 0 Å². The van der Waals surface area contributed by atoms with Crippen molar-refractivity contribution in [3.05, 3.63) is 34.3 Å². The van der Waals surface area contributed by atoms with Crippen molar-refractivity contribution < 1.29 is 14.2 Å². The van der Waals surface area contributed by atoms with Gasteiger partial charge < -0.3 is 24.8 Å². The first-order valence-corrected chi connectivity index (χ1v) is 9.45. The van der Waals surface area contributed by atoms with Crippen LogP contribution in [0.1, 0.15) is 30.5 Å². The molecule has 26 heavy (non-hydrogen) atoms. The lowest BCUT2D eigenvalue weighted by molar-refractivity contribution is 0.173. The van der Waals surface area contributed by atoms with E-state index in [9.17, 15) is 0 Å². The molecular formula is C18H24N4O3S. The first kappa shape index (κ1) is 18.3. The number of aromatic nitrogens is 1. The van der Waals surface area contributed by atoms with E-state index in [1.54, 1.807) is 18.4 Å². The minimum absolute atomic E-state index is 0.264. The number of fused-ring (bicyclic) bond motifs is 1. The molecular weight excluding hydrogens is 352 g/mol. The Morgan fingerprint density at radius 2 is 2.15 bits per heavy atom. The summed E-state index contributed by atoms with van der Waals surface area (Å²) < 4.78 is 16.4. The van der Waals surface area contributed by atoms with Crippen molar-refractivity contribution >= 4 is 17.3 Å². The maximum Gasteiger partial charge on any atom is 0.231 e. The van der Waals surface area contributed by atoms with Crippen molar-refractivity contribution in [2.24, 2.45) is 4.99 Å². The van der Waals surface area contributed by atoms with Crippen LogP contribution >= 0.6 is 11.3 Å². The second kappa shape index (κ2) is 8.75. The highest BCUT2D eigenvalue weighted by molar-refractivity contribution is 7.09. The quantitative estimate of drug-likeness (QED) is 0.440. The van der Waals surface area contributed by atoms with Crippen LogP contribution in [-0.2, 0) is 6.54 Å². The van der Waals surface area contributed by atoms with Crippen molar-refractivity contribution in [2.45, 2.75) is 26.3 Å². The van der Waals surface area contributed by atoms with Crippen LogP contribution in [0.2, 0.25) is 0 Å². The summed E-state index contributed by atoms with van der Waals surface area (Å²) in [6.45, 7) is 6.35. The van der Waals surface area contributed by atoms with E-state index in [1.807, 2.05) is 18.2 Å². The lowest BCUT2D eigenvalue weighted by Gasteiger charge is -2.12. The highest BCUT2D eigenvalue weighted by atomic mass is 32.1. The third kappa shape index (κ3) is 4.78. The first-order valence-electron chi connectivity index (χ1n) is 8.57. The van der Waals surface area contributed by atoms with Gasteiger partial charge in [0.2, 0.25) is 6.79 Å². The number of benzene rings is 1. The zero-order valence-corrected chi connectivity index (χ0v) is 16.1. The molecule has 0 aliphatic carbocycles. The smallest absolute Gasteiger partial charge is 0.231 e. The lowest BCUT2D eigenvalue weighted by atomic mass is 10.2. The number of nitrogens with zero attached hydrogens (tertiary/aromatic N) is 2. The molecule has 1 aromatic carbocycles. The summed E-state index contributed by atoms with van der Waals surface area (Å²) in [5.74, 6) is 3.40. The Morgan fingerprint density at radius 3 is 2.92 bits per heavy atom. The van der Waals surface area contributed by atoms with Gasteiger partial charge in [-0.1, -0.05) is 13.8 Å². The highest BCUT2D eigenvalue weighted by Crippen LogP contribution is 2.34. The second-order valence-corrected chi connectivity index (χ2v) is 6.98. The van der Waals surface area contributed by atoms with Gasteiger partial charge in [0.05, 0.1) is 18.8 Å². The molecule has 1 aliphatic heterocycles. The van der Waals surface area contributed by atoms with E-state index in [1.165, 1.54) is 0 Å². The topological polar surface area (TPSA) is 77.0 Å². The molecule has 0 unspecified atom stereocenters. The molecule has 0 saturated carbocycles. The van der Waals surface area contributed by atoms with E-state index in [0.717, 1.165) is 33.9 Å². The monoisotopic (exact) mass is 376 g/mol. The maximum atomic E-state index is 5.73. The number of rotatable bonds is 7. The Morgan fingerprint density at radius 1 is 1.31 bits per heavy atom. The van der Waals surface area contributed by atoms with Crippen molar-refractivity contribution in [1.29, 1.82) is 0 Å². The Hall–Kier alpha value is -2.48. The normalized spacial score (nSPS) is 13.2. The Kier molecular flexibility index (Phi) is 6.17. The molecule has 0 atom stereocenters. The van der Waals surface area contributed by atoms with Gasteiger partial charge in [0.15, 0.2) is 17.5 Å². The standard InChI is InChI=1S/C18H24N4O3S/c1-12(2)14-10-26-17(22-14)9-21-18(19-3)20-6-7-23-13-4-5-15-16(8-13)25-11-24-15/h4-5,8,10,12H,6-7,9,11H2,1-3H3,(H2,19,20,21). The Balaban J connectivity index is 1.38. The zero-order valence-electron chi connectivity index (χ0n) is 15.2. The number of thiazole rings is 1. The van der Waals surface area contributed by atoms with E-state index >= 15 is 0 Å². The first-order chi connectivity index (χ1) is 12.7. The maximum absolute atomic E-state index is 5.73. The molecule has 140 valence electrons. The van der Waals surface area contributed by atoms with Crippen molar-refractivity contribution in [3.8, 4) is 17.2 Å². The number of guanidine groups is 1. The molecule has 0 spiro atoms. The van der Waals surface area contributed by atoms with Crippen LogP contribution in [-0.4, -0.2) is 37.9 Å². The van der Waals surface area contributed by atoms with Gasteiger partial charge in [-0.2, -0.15) is 0 Å². The minimum Gasteiger partial charge on any atom is -0.492 e. The minimum atomic E-state index is 0.264. The van der Waals surface area contributed by atoms with E-state index in [-0.39, 0.29) is 6.79 Å². The summed E-state index contributed by atoms with van der Waals surface area (Å²) in [4.78, 5) is 8.82. The van der Waals surface area contributed by atoms with Crippen LogP contribution in [0.25, 0.3) is 0 Å². The Bertz CT molecular complexity index is 761. The molecule has 1 aliphatic rings. The fourth-order valence-corrected chi connectivity index (χ4v) is 3.25. The summed E-state index contributed by atoms with van der Waals surface area (Å²) >= 11 is 1.66. The van der Waals surface area contributed by atoms with E-state index in [0.29, 0.717) is 25.6 Å². The molecule has 0 saturated heterocycles. The van der Waals surface area contributed by atoms with E-state index in [4.69, 9.17) is 14.2 Å². The van der Waals surface area contributed by atoms with Gasteiger partial charge in [-0.3, -0.25) is 4.99 Å². The van der Waals surface area contributed by atoms with Gasteiger partial charge in [-0.25, -0.2) is 4.98 Å². The number of aliphatic imine (C=N–C) groups is 1. The fraction of sp³-hybridized carbons (Fsp3) is 0.444. The van der Waals surface area contributed by atoms with Crippen LogP contribution in [0.4, 0.5) is 0 Å². The molecule has 8 heteroatoms. The van der Waals surface area contributed by atoms with Gasteiger partial charge in [0.25, 0.3) is 0 Å². The van der Waals surface area contributed by atoms with Gasteiger partial charge in [0, 0.05) is 18.5 Å². The highest BCUT2D eigenvalue weighted by Gasteiger charge is 2.13. The SMILES string of the molecule is CN=C(NCCOc1ccc2c(c1)OCO2)NCc1nc(C(C)C)cs1. The third-order valence-electron chi connectivity index (χ3n) is 3.80. The lowest BCUT2D eigenvalue weighted by Crippen LogP contribution is -2.38. The zero-order chi connectivity index (χ0) is 18.4. The average molecular weight is 376 g/mol. The van der Waals surface area contributed by atoms with Crippen LogP contribution in [0.15, 0.2) is 28.6 Å². The molecule has 7 nitrogen and oxygen atoms in total. The number of hydrogen-bond acceptors (Lipinski definition) is 6. The van der Waals surface area contributed by atoms with Gasteiger partial charge in [-0.15, -0.1) is 11.3 Å².